The molecule has 0 heterocycles. The number of amides is 1. The minimum atomic E-state index is 0.104. The van der Waals surface area contributed by atoms with E-state index in [1.54, 1.807) is 0 Å². The lowest BCUT2D eigenvalue weighted by molar-refractivity contribution is -0.121. The summed E-state index contributed by atoms with van der Waals surface area (Å²) < 4.78 is 0. The molecule has 0 fully saturated rings. The van der Waals surface area contributed by atoms with Gasteiger partial charge in [-0.25, -0.2) is 0 Å². The van der Waals surface area contributed by atoms with Gasteiger partial charge in [0.05, 0.1) is 6.42 Å². The molecule has 4 rings (SSSR count). The first-order valence-electron chi connectivity index (χ1n) is 9.25. The fraction of sp³-hybridized carbons (Fsp3) is 0.208. The number of nitrogens with one attached hydrogen (secondary N) is 1. The zero-order valence-corrected chi connectivity index (χ0v) is 14.8. The molecular weight excluding hydrogens is 318 g/mol. The zero-order valence-electron chi connectivity index (χ0n) is 14.8. The molecule has 0 radical (unpaired) electrons. The van der Waals surface area contributed by atoms with Crippen LogP contribution >= 0.6 is 0 Å². The first kappa shape index (κ1) is 16.6. The molecule has 0 bridgehead atoms. The van der Waals surface area contributed by atoms with Gasteiger partial charge in [0.25, 0.3) is 0 Å². The predicted octanol–water partition coefficient (Wildman–Crippen LogP) is 4.49. The van der Waals surface area contributed by atoms with Crippen LogP contribution in [0.5, 0.6) is 0 Å². The molecule has 0 unspecified atom stereocenters. The summed E-state index contributed by atoms with van der Waals surface area (Å²) in [5.41, 5.74) is 5.12. The van der Waals surface area contributed by atoms with Crippen LogP contribution in [0.25, 0.3) is 0 Å². The summed E-state index contributed by atoms with van der Waals surface area (Å²) in [6, 6.07) is 29.4. The van der Waals surface area contributed by atoms with E-state index >= 15 is 0 Å². The van der Waals surface area contributed by atoms with Crippen molar-refractivity contribution in [1.29, 1.82) is 0 Å². The van der Waals surface area contributed by atoms with Gasteiger partial charge in [0.2, 0.25) is 5.91 Å². The summed E-state index contributed by atoms with van der Waals surface area (Å²) in [7, 11) is 0. The minimum Gasteiger partial charge on any atom is -0.353 e. The zero-order chi connectivity index (χ0) is 17.8. The summed E-state index contributed by atoms with van der Waals surface area (Å²) in [5, 5.41) is 3.27. The molecule has 1 aliphatic rings. The molecule has 2 atom stereocenters. The first-order chi connectivity index (χ1) is 12.8. The number of hydrogen-bond acceptors (Lipinski definition) is 1. The highest BCUT2D eigenvalue weighted by Crippen LogP contribution is 2.36. The lowest BCUT2D eigenvalue weighted by atomic mass is 9.76. The Balaban J connectivity index is 1.53. The quantitative estimate of drug-likeness (QED) is 0.744. The van der Waals surface area contributed by atoms with Crippen LogP contribution < -0.4 is 5.32 Å². The Morgan fingerprint density at radius 2 is 1.50 bits per heavy atom. The lowest BCUT2D eigenvalue weighted by Gasteiger charge is -2.32. The van der Waals surface area contributed by atoms with Gasteiger partial charge in [-0.05, 0) is 35.1 Å². The number of fused-ring (bicyclic) bond motifs is 1. The minimum absolute atomic E-state index is 0.104. The van der Waals surface area contributed by atoms with Crippen LogP contribution in [0.2, 0.25) is 0 Å². The lowest BCUT2D eigenvalue weighted by Crippen LogP contribution is -2.40. The van der Waals surface area contributed by atoms with E-state index < -0.39 is 0 Å². The van der Waals surface area contributed by atoms with Gasteiger partial charge in [0, 0.05) is 12.0 Å². The van der Waals surface area contributed by atoms with Crippen molar-refractivity contribution in [3.8, 4) is 0 Å². The average Bonchev–Trinajstić information content (AvgIpc) is 2.69. The van der Waals surface area contributed by atoms with Gasteiger partial charge in [-0.1, -0.05) is 84.9 Å². The molecule has 130 valence electrons. The average molecular weight is 341 g/mol. The van der Waals surface area contributed by atoms with E-state index in [4.69, 9.17) is 0 Å². The maximum atomic E-state index is 12.5. The normalized spacial score (nSPS) is 18.8. The molecule has 3 aromatic rings. The van der Waals surface area contributed by atoms with E-state index in [0.717, 1.165) is 18.4 Å². The van der Waals surface area contributed by atoms with Crippen LogP contribution in [0.4, 0.5) is 0 Å². The van der Waals surface area contributed by atoms with Crippen LogP contribution in [-0.2, 0) is 17.6 Å². The second-order valence-corrected chi connectivity index (χ2v) is 7.03. The van der Waals surface area contributed by atoms with E-state index in [1.165, 1.54) is 16.7 Å². The molecule has 1 amide bonds. The summed E-state index contributed by atoms with van der Waals surface area (Å²) in [5.74, 6) is 0.440. The summed E-state index contributed by atoms with van der Waals surface area (Å²) in [6.07, 6.45) is 2.29. The van der Waals surface area contributed by atoms with Gasteiger partial charge >= 0.3 is 0 Å². The van der Waals surface area contributed by atoms with Crippen LogP contribution in [0.1, 0.15) is 34.6 Å². The van der Waals surface area contributed by atoms with E-state index in [1.807, 2.05) is 30.3 Å². The Hall–Kier alpha value is -2.87. The van der Waals surface area contributed by atoms with E-state index in [9.17, 15) is 4.79 Å². The molecule has 0 spiro atoms. The second-order valence-electron chi connectivity index (χ2n) is 7.03. The Labute approximate surface area is 154 Å². The Bertz CT molecular complexity index is 873. The number of benzene rings is 3. The highest BCUT2D eigenvalue weighted by Gasteiger charge is 2.28. The van der Waals surface area contributed by atoms with Crippen molar-refractivity contribution in [3.05, 3.63) is 107 Å². The van der Waals surface area contributed by atoms with Crippen LogP contribution in [-0.4, -0.2) is 11.9 Å². The smallest absolute Gasteiger partial charge is 0.224 e. The van der Waals surface area contributed by atoms with Crippen molar-refractivity contribution >= 4 is 5.91 Å². The topological polar surface area (TPSA) is 29.1 Å². The molecule has 26 heavy (non-hydrogen) atoms. The number of carbonyl (C=O) groups is 1. The number of carbonyl (C=O) groups excluding carboxylic acids is 1. The molecule has 2 nitrogen and oxygen atoms in total. The maximum absolute atomic E-state index is 12.5. The Kier molecular flexibility index (Phi) is 4.83. The third-order valence-electron chi connectivity index (χ3n) is 5.19. The van der Waals surface area contributed by atoms with Gasteiger partial charge in [-0.2, -0.15) is 0 Å². The molecule has 0 aromatic heterocycles. The fourth-order valence-electron chi connectivity index (χ4n) is 3.99. The summed E-state index contributed by atoms with van der Waals surface area (Å²) >= 11 is 0. The van der Waals surface area contributed by atoms with Crippen molar-refractivity contribution in [2.75, 3.05) is 0 Å². The highest BCUT2D eigenvalue weighted by atomic mass is 16.1. The fourth-order valence-corrected chi connectivity index (χ4v) is 3.99. The Morgan fingerprint density at radius 3 is 2.27 bits per heavy atom. The molecule has 1 N–H and O–H groups in total. The van der Waals surface area contributed by atoms with E-state index in [0.29, 0.717) is 12.3 Å². The van der Waals surface area contributed by atoms with Gasteiger partial charge in [0.1, 0.15) is 0 Å². The third-order valence-corrected chi connectivity index (χ3v) is 5.19. The third kappa shape index (κ3) is 3.70. The van der Waals surface area contributed by atoms with E-state index in [2.05, 4.69) is 59.9 Å². The van der Waals surface area contributed by atoms with Gasteiger partial charge < -0.3 is 5.32 Å². The first-order valence-corrected chi connectivity index (χ1v) is 9.25. The van der Waals surface area contributed by atoms with Crippen LogP contribution in [0.3, 0.4) is 0 Å². The molecule has 1 aliphatic carbocycles. The molecule has 3 aromatic carbocycles. The van der Waals surface area contributed by atoms with Crippen molar-refractivity contribution in [2.45, 2.75) is 31.2 Å². The molecule has 0 saturated carbocycles. The maximum Gasteiger partial charge on any atom is 0.224 e. The van der Waals surface area contributed by atoms with Crippen molar-refractivity contribution in [2.24, 2.45) is 0 Å². The number of rotatable bonds is 4. The standard InChI is InChI=1S/C24H23NO/c26-24(15-18-9-3-1-4-10-18)25-21-16-20-13-7-8-14-22(20)23(17-21)19-11-5-2-6-12-19/h1-14,21,23H,15-17H2,(H,25,26)/t21-,23-/m1/s1. The van der Waals surface area contributed by atoms with Crippen molar-refractivity contribution < 1.29 is 4.79 Å². The highest BCUT2D eigenvalue weighted by molar-refractivity contribution is 5.79. The summed E-state index contributed by atoms with van der Waals surface area (Å²) in [4.78, 5) is 12.5. The molecule has 0 saturated heterocycles. The predicted molar refractivity (Wildman–Crippen MR) is 105 cm³/mol. The van der Waals surface area contributed by atoms with Crippen molar-refractivity contribution in [3.63, 3.8) is 0 Å². The second kappa shape index (κ2) is 7.57. The van der Waals surface area contributed by atoms with Crippen LogP contribution in [0.15, 0.2) is 84.9 Å². The monoisotopic (exact) mass is 341 g/mol. The molecule has 2 heteroatoms. The van der Waals surface area contributed by atoms with Gasteiger partial charge in [-0.3, -0.25) is 4.79 Å². The van der Waals surface area contributed by atoms with Crippen LogP contribution in [0, 0.1) is 0 Å². The van der Waals surface area contributed by atoms with Gasteiger partial charge in [0.15, 0.2) is 0 Å². The number of hydrogen-bond donors (Lipinski definition) is 1. The SMILES string of the molecule is O=C(Cc1ccccc1)N[C@@H]1Cc2ccccc2[C@@H](c2ccccc2)C1. The Morgan fingerprint density at radius 1 is 0.846 bits per heavy atom. The molecular formula is C24H23NO. The summed E-state index contributed by atoms with van der Waals surface area (Å²) in [6.45, 7) is 0. The van der Waals surface area contributed by atoms with Gasteiger partial charge in [-0.15, -0.1) is 0 Å². The molecule has 0 aliphatic heterocycles. The van der Waals surface area contributed by atoms with E-state index in [-0.39, 0.29) is 11.9 Å². The van der Waals surface area contributed by atoms with Crippen molar-refractivity contribution in [1.82, 2.24) is 5.32 Å². The largest absolute Gasteiger partial charge is 0.353 e.